The third-order valence-electron chi connectivity index (χ3n) is 4.88. The summed E-state index contributed by atoms with van der Waals surface area (Å²) in [5.41, 5.74) is 3.61. The van der Waals surface area contributed by atoms with E-state index in [-0.39, 0.29) is 11.9 Å². The van der Waals surface area contributed by atoms with Crippen molar-refractivity contribution >= 4 is 17.4 Å². The van der Waals surface area contributed by atoms with E-state index >= 15 is 0 Å². The third kappa shape index (κ3) is 4.00. The molecule has 1 saturated heterocycles. The standard InChI is InChI=1S/C20H23FN2OS/c21-16-3-6-20-18(13-16)19(7-12-25-20)22-14-15-1-4-17(5-2-15)23-8-10-24-11-9-23/h1-6,13,19,22H,7-12,14H2. The fraction of sp³-hybridized carbons (Fsp3) is 0.400. The monoisotopic (exact) mass is 358 g/mol. The SMILES string of the molecule is Fc1ccc2c(c1)C(NCc1ccc(N3CCOCC3)cc1)CCS2. The zero-order valence-electron chi connectivity index (χ0n) is 14.2. The largest absolute Gasteiger partial charge is 0.378 e. The van der Waals surface area contributed by atoms with Crippen LogP contribution in [0.25, 0.3) is 0 Å². The van der Waals surface area contributed by atoms with Gasteiger partial charge >= 0.3 is 0 Å². The molecule has 0 amide bonds. The van der Waals surface area contributed by atoms with E-state index < -0.39 is 0 Å². The van der Waals surface area contributed by atoms with E-state index in [2.05, 4.69) is 34.5 Å². The average Bonchev–Trinajstić information content (AvgIpc) is 2.67. The van der Waals surface area contributed by atoms with Crippen molar-refractivity contribution in [3.8, 4) is 0 Å². The molecule has 0 aliphatic carbocycles. The van der Waals surface area contributed by atoms with Gasteiger partial charge in [-0.25, -0.2) is 4.39 Å². The highest BCUT2D eigenvalue weighted by molar-refractivity contribution is 7.99. The molecule has 2 aromatic rings. The lowest BCUT2D eigenvalue weighted by molar-refractivity contribution is 0.122. The maximum atomic E-state index is 13.6. The number of halogens is 1. The second-order valence-corrected chi connectivity index (χ2v) is 7.66. The molecule has 2 aliphatic rings. The lowest BCUT2D eigenvalue weighted by atomic mass is 10.0. The number of thioether (sulfide) groups is 1. The molecule has 0 radical (unpaired) electrons. The van der Waals surface area contributed by atoms with Gasteiger partial charge in [0.1, 0.15) is 5.82 Å². The van der Waals surface area contributed by atoms with Crippen LogP contribution in [0.15, 0.2) is 47.4 Å². The van der Waals surface area contributed by atoms with E-state index in [1.807, 2.05) is 17.8 Å². The molecule has 1 atom stereocenters. The van der Waals surface area contributed by atoms with Crippen LogP contribution in [0, 0.1) is 5.82 Å². The van der Waals surface area contributed by atoms with Crippen molar-refractivity contribution in [2.75, 3.05) is 37.0 Å². The van der Waals surface area contributed by atoms with Crippen LogP contribution in [-0.2, 0) is 11.3 Å². The van der Waals surface area contributed by atoms with Gasteiger partial charge in [-0.3, -0.25) is 0 Å². The van der Waals surface area contributed by atoms with E-state index in [0.717, 1.165) is 50.6 Å². The molecule has 2 aliphatic heterocycles. The topological polar surface area (TPSA) is 24.5 Å². The quantitative estimate of drug-likeness (QED) is 0.893. The van der Waals surface area contributed by atoms with Crippen LogP contribution in [0.3, 0.4) is 0 Å². The molecule has 0 spiro atoms. The minimum atomic E-state index is -0.150. The number of nitrogens with zero attached hydrogens (tertiary/aromatic N) is 1. The number of hydrogen-bond acceptors (Lipinski definition) is 4. The summed E-state index contributed by atoms with van der Waals surface area (Å²) in [7, 11) is 0. The highest BCUT2D eigenvalue weighted by Gasteiger charge is 2.21. The summed E-state index contributed by atoms with van der Waals surface area (Å²) in [6.07, 6.45) is 1.03. The fourth-order valence-corrected chi connectivity index (χ4v) is 4.57. The number of ether oxygens (including phenoxy) is 1. The van der Waals surface area contributed by atoms with Gasteiger partial charge in [0.05, 0.1) is 13.2 Å². The van der Waals surface area contributed by atoms with Crippen molar-refractivity contribution < 1.29 is 9.13 Å². The summed E-state index contributed by atoms with van der Waals surface area (Å²) in [6.45, 7) is 4.33. The van der Waals surface area contributed by atoms with Crippen LogP contribution in [0.4, 0.5) is 10.1 Å². The van der Waals surface area contributed by atoms with Crippen molar-refractivity contribution in [2.24, 2.45) is 0 Å². The minimum Gasteiger partial charge on any atom is -0.378 e. The number of benzene rings is 2. The number of morpholine rings is 1. The van der Waals surface area contributed by atoms with Crippen molar-refractivity contribution in [2.45, 2.75) is 23.9 Å². The lowest BCUT2D eigenvalue weighted by Crippen LogP contribution is -2.36. The van der Waals surface area contributed by atoms with Crippen molar-refractivity contribution in [1.29, 1.82) is 0 Å². The molecule has 2 heterocycles. The van der Waals surface area contributed by atoms with Gasteiger partial charge in [-0.15, -0.1) is 11.8 Å². The summed E-state index contributed by atoms with van der Waals surface area (Å²) in [4.78, 5) is 3.56. The van der Waals surface area contributed by atoms with Crippen LogP contribution >= 0.6 is 11.8 Å². The van der Waals surface area contributed by atoms with E-state index in [9.17, 15) is 4.39 Å². The van der Waals surface area contributed by atoms with E-state index in [0.29, 0.717) is 0 Å². The Morgan fingerprint density at radius 3 is 2.72 bits per heavy atom. The molecule has 25 heavy (non-hydrogen) atoms. The summed E-state index contributed by atoms with van der Waals surface area (Å²) >= 11 is 1.82. The predicted molar refractivity (Wildman–Crippen MR) is 101 cm³/mol. The second-order valence-electron chi connectivity index (χ2n) is 6.52. The highest BCUT2D eigenvalue weighted by Crippen LogP contribution is 2.36. The van der Waals surface area contributed by atoms with Crippen LogP contribution < -0.4 is 10.2 Å². The van der Waals surface area contributed by atoms with Crippen molar-refractivity contribution in [3.63, 3.8) is 0 Å². The first-order valence-electron chi connectivity index (χ1n) is 8.87. The normalized spacial score (nSPS) is 20.4. The maximum Gasteiger partial charge on any atom is 0.123 e. The Hall–Kier alpha value is -1.56. The highest BCUT2D eigenvalue weighted by atomic mass is 32.2. The molecular weight excluding hydrogens is 335 g/mol. The Kier molecular flexibility index (Phi) is 5.25. The Morgan fingerprint density at radius 1 is 1.12 bits per heavy atom. The van der Waals surface area contributed by atoms with Gasteiger partial charge in [0.2, 0.25) is 0 Å². The molecule has 4 rings (SSSR count). The molecule has 5 heteroatoms. The van der Waals surface area contributed by atoms with E-state index in [4.69, 9.17) is 4.74 Å². The van der Waals surface area contributed by atoms with Crippen LogP contribution in [-0.4, -0.2) is 32.1 Å². The van der Waals surface area contributed by atoms with Crippen LogP contribution in [0.5, 0.6) is 0 Å². The van der Waals surface area contributed by atoms with Crippen LogP contribution in [0.1, 0.15) is 23.6 Å². The number of anilines is 1. The second kappa shape index (κ2) is 7.77. The molecule has 132 valence electrons. The van der Waals surface area contributed by atoms with Gasteiger partial charge in [0.25, 0.3) is 0 Å². The molecular formula is C20H23FN2OS. The minimum absolute atomic E-state index is 0.150. The smallest absolute Gasteiger partial charge is 0.123 e. The Bertz CT molecular complexity index is 716. The third-order valence-corrected chi connectivity index (χ3v) is 6.00. The summed E-state index contributed by atoms with van der Waals surface area (Å²) < 4.78 is 19.0. The number of rotatable bonds is 4. The first-order chi connectivity index (χ1) is 12.3. The Balaban J connectivity index is 1.40. The summed E-state index contributed by atoms with van der Waals surface area (Å²) in [5.74, 6) is 0.926. The first-order valence-corrected chi connectivity index (χ1v) is 9.85. The molecule has 3 nitrogen and oxygen atoms in total. The molecule has 1 N–H and O–H groups in total. The number of nitrogens with one attached hydrogen (secondary N) is 1. The zero-order chi connectivity index (χ0) is 17.1. The molecule has 0 aromatic heterocycles. The first kappa shape index (κ1) is 16.9. The van der Waals surface area contributed by atoms with Gasteiger partial charge in [-0.1, -0.05) is 12.1 Å². The molecule has 0 saturated carbocycles. The van der Waals surface area contributed by atoms with E-state index in [1.54, 1.807) is 12.1 Å². The summed E-state index contributed by atoms with van der Waals surface area (Å²) in [6, 6.07) is 14.1. The van der Waals surface area contributed by atoms with Gasteiger partial charge < -0.3 is 15.0 Å². The number of hydrogen-bond donors (Lipinski definition) is 1. The summed E-state index contributed by atoms with van der Waals surface area (Å²) in [5, 5.41) is 3.61. The van der Waals surface area contributed by atoms with Gasteiger partial charge in [-0.2, -0.15) is 0 Å². The predicted octanol–water partition coefficient (Wildman–Crippen LogP) is 3.99. The van der Waals surface area contributed by atoms with E-state index in [1.165, 1.54) is 16.1 Å². The van der Waals surface area contributed by atoms with Crippen LogP contribution in [0.2, 0.25) is 0 Å². The zero-order valence-corrected chi connectivity index (χ0v) is 15.0. The van der Waals surface area contributed by atoms with Gasteiger partial charge in [0, 0.05) is 36.3 Å². The Labute approximate surface area is 152 Å². The van der Waals surface area contributed by atoms with Gasteiger partial charge in [-0.05, 0) is 53.6 Å². The Morgan fingerprint density at radius 2 is 1.92 bits per heavy atom. The molecule has 1 fully saturated rings. The number of fused-ring (bicyclic) bond motifs is 1. The molecule has 1 unspecified atom stereocenters. The van der Waals surface area contributed by atoms with Crippen molar-refractivity contribution in [1.82, 2.24) is 5.32 Å². The van der Waals surface area contributed by atoms with Crippen molar-refractivity contribution in [3.05, 3.63) is 59.4 Å². The molecule has 0 bridgehead atoms. The fourth-order valence-electron chi connectivity index (χ4n) is 3.46. The lowest BCUT2D eigenvalue weighted by Gasteiger charge is -2.29. The maximum absolute atomic E-state index is 13.6. The van der Waals surface area contributed by atoms with Gasteiger partial charge in [0.15, 0.2) is 0 Å². The molecule has 2 aromatic carbocycles. The average molecular weight is 358 g/mol.